The molecule has 1 nitrogen and oxygen atoms in total. The van der Waals surface area contributed by atoms with E-state index in [1.807, 2.05) is 0 Å². The van der Waals surface area contributed by atoms with Crippen molar-refractivity contribution in [2.75, 3.05) is 24.6 Å². The Morgan fingerprint density at radius 1 is 1.38 bits per heavy atom. The van der Waals surface area contributed by atoms with Gasteiger partial charge in [0.2, 0.25) is 0 Å². The van der Waals surface area contributed by atoms with E-state index in [4.69, 9.17) is 0 Å². The largest absolute Gasteiger partial charge is 0.316 e. The molecule has 0 saturated carbocycles. The van der Waals surface area contributed by atoms with Gasteiger partial charge < -0.3 is 5.32 Å². The summed E-state index contributed by atoms with van der Waals surface area (Å²) in [6.45, 7) is 9.45. The van der Waals surface area contributed by atoms with E-state index in [-0.39, 0.29) is 0 Å². The van der Waals surface area contributed by atoms with Crippen molar-refractivity contribution in [2.45, 2.75) is 33.6 Å². The average Bonchev–Trinajstić information content (AvgIpc) is 1.99. The Labute approximate surface area is 87.1 Å². The van der Waals surface area contributed by atoms with Gasteiger partial charge in [-0.25, -0.2) is 0 Å². The molecule has 1 saturated heterocycles. The predicted octanol–water partition coefficient (Wildman–Crippen LogP) is 2.77. The Kier molecular flexibility index (Phi) is 4.60. The molecule has 0 aromatic heterocycles. The molecule has 0 aliphatic carbocycles. The molecular formula is C11H23NS. The van der Waals surface area contributed by atoms with Crippen molar-refractivity contribution in [3.05, 3.63) is 0 Å². The van der Waals surface area contributed by atoms with Crippen molar-refractivity contribution in [3.63, 3.8) is 0 Å². The van der Waals surface area contributed by atoms with Gasteiger partial charge in [-0.1, -0.05) is 20.8 Å². The lowest BCUT2D eigenvalue weighted by atomic mass is 9.73. The van der Waals surface area contributed by atoms with Gasteiger partial charge in [0, 0.05) is 13.1 Å². The summed E-state index contributed by atoms with van der Waals surface area (Å²) < 4.78 is 0. The SMILES string of the molecule is CCSCCC1(CC(C)C)CNC1. The number of rotatable bonds is 6. The highest BCUT2D eigenvalue weighted by atomic mass is 32.2. The Balaban J connectivity index is 2.23. The van der Waals surface area contributed by atoms with Gasteiger partial charge in [-0.3, -0.25) is 0 Å². The second kappa shape index (κ2) is 5.26. The molecule has 1 N–H and O–H groups in total. The molecule has 0 radical (unpaired) electrons. The first-order chi connectivity index (χ1) is 6.18. The van der Waals surface area contributed by atoms with Crippen LogP contribution in [-0.2, 0) is 0 Å². The minimum absolute atomic E-state index is 0.663. The first-order valence-corrected chi connectivity index (χ1v) is 6.62. The highest BCUT2D eigenvalue weighted by molar-refractivity contribution is 7.99. The van der Waals surface area contributed by atoms with E-state index >= 15 is 0 Å². The molecule has 0 aromatic carbocycles. The highest BCUT2D eigenvalue weighted by Crippen LogP contribution is 2.35. The Morgan fingerprint density at radius 2 is 2.08 bits per heavy atom. The van der Waals surface area contributed by atoms with Crippen molar-refractivity contribution in [2.24, 2.45) is 11.3 Å². The zero-order chi connectivity index (χ0) is 9.73. The summed E-state index contributed by atoms with van der Waals surface area (Å²) >= 11 is 2.08. The summed E-state index contributed by atoms with van der Waals surface area (Å²) in [5.41, 5.74) is 0.663. The normalized spacial score (nSPS) is 20.3. The van der Waals surface area contributed by atoms with E-state index in [0.717, 1.165) is 5.92 Å². The van der Waals surface area contributed by atoms with Crippen LogP contribution in [0.15, 0.2) is 0 Å². The maximum Gasteiger partial charge on any atom is 0.00206 e. The predicted molar refractivity (Wildman–Crippen MR) is 62.4 cm³/mol. The minimum atomic E-state index is 0.663. The second-order valence-electron chi connectivity index (χ2n) is 4.65. The number of hydrogen-bond acceptors (Lipinski definition) is 2. The molecule has 2 heteroatoms. The molecule has 0 atom stereocenters. The first-order valence-electron chi connectivity index (χ1n) is 5.47. The Morgan fingerprint density at radius 3 is 2.46 bits per heavy atom. The van der Waals surface area contributed by atoms with E-state index in [1.54, 1.807) is 0 Å². The van der Waals surface area contributed by atoms with Crippen LogP contribution in [0.1, 0.15) is 33.6 Å². The average molecular weight is 201 g/mol. The van der Waals surface area contributed by atoms with Crippen molar-refractivity contribution in [3.8, 4) is 0 Å². The lowest BCUT2D eigenvalue weighted by molar-refractivity contribution is 0.127. The van der Waals surface area contributed by atoms with Gasteiger partial charge in [0.1, 0.15) is 0 Å². The summed E-state index contributed by atoms with van der Waals surface area (Å²) in [4.78, 5) is 0. The lowest BCUT2D eigenvalue weighted by Crippen LogP contribution is -2.54. The molecular weight excluding hydrogens is 178 g/mol. The summed E-state index contributed by atoms with van der Waals surface area (Å²) in [6.07, 6.45) is 2.82. The van der Waals surface area contributed by atoms with Crippen molar-refractivity contribution >= 4 is 11.8 Å². The quantitative estimate of drug-likeness (QED) is 0.663. The van der Waals surface area contributed by atoms with E-state index in [9.17, 15) is 0 Å². The van der Waals surface area contributed by atoms with E-state index in [2.05, 4.69) is 37.8 Å². The first kappa shape index (κ1) is 11.4. The lowest BCUT2D eigenvalue weighted by Gasteiger charge is -2.44. The molecule has 0 bridgehead atoms. The molecule has 0 unspecified atom stereocenters. The van der Waals surface area contributed by atoms with Crippen LogP contribution < -0.4 is 5.32 Å². The summed E-state index contributed by atoms with van der Waals surface area (Å²) in [5.74, 6) is 3.48. The molecule has 1 heterocycles. The van der Waals surface area contributed by atoms with Crippen LogP contribution in [-0.4, -0.2) is 24.6 Å². The molecule has 1 aliphatic heterocycles. The van der Waals surface area contributed by atoms with Gasteiger partial charge in [0.05, 0.1) is 0 Å². The topological polar surface area (TPSA) is 12.0 Å². The van der Waals surface area contributed by atoms with Crippen molar-refractivity contribution in [1.29, 1.82) is 0 Å². The third kappa shape index (κ3) is 3.51. The standard InChI is InChI=1S/C11H23NS/c1-4-13-6-5-11(7-10(2)3)8-12-9-11/h10,12H,4-9H2,1-3H3. The fourth-order valence-electron chi connectivity index (χ4n) is 2.20. The summed E-state index contributed by atoms with van der Waals surface area (Å²) in [5, 5.41) is 3.43. The molecule has 0 aromatic rings. The third-order valence-corrected chi connectivity index (χ3v) is 3.72. The minimum Gasteiger partial charge on any atom is -0.316 e. The fraction of sp³-hybridized carbons (Fsp3) is 1.00. The maximum absolute atomic E-state index is 3.43. The second-order valence-corrected chi connectivity index (χ2v) is 6.04. The van der Waals surface area contributed by atoms with Crippen LogP contribution in [0.2, 0.25) is 0 Å². The van der Waals surface area contributed by atoms with Crippen molar-refractivity contribution < 1.29 is 0 Å². The van der Waals surface area contributed by atoms with Gasteiger partial charge in [-0.2, -0.15) is 11.8 Å². The molecule has 0 spiro atoms. The molecule has 1 fully saturated rings. The van der Waals surface area contributed by atoms with Crippen LogP contribution in [0.5, 0.6) is 0 Å². The molecule has 0 amide bonds. The van der Waals surface area contributed by atoms with E-state index < -0.39 is 0 Å². The van der Waals surface area contributed by atoms with Crippen molar-refractivity contribution in [1.82, 2.24) is 5.32 Å². The Hall–Kier alpha value is 0.310. The summed E-state index contributed by atoms with van der Waals surface area (Å²) in [7, 11) is 0. The highest BCUT2D eigenvalue weighted by Gasteiger charge is 2.36. The van der Waals surface area contributed by atoms with Gasteiger partial charge in [0.15, 0.2) is 0 Å². The van der Waals surface area contributed by atoms with E-state index in [0.29, 0.717) is 5.41 Å². The van der Waals surface area contributed by atoms with Gasteiger partial charge >= 0.3 is 0 Å². The number of hydrogen-bond donors (Lipinski definition) is 1. The zero-order valence-corrected chi connectivity index (χ0v) is 10.0. The molecule has 1 rings (SSSR count). The Bertz CT molecular complexity index is 141. The maximum atomic E-state index is 3.43. The summed E-state index contributed by atoms with van der Waals surface area (Å²) in [6, 6.07) is 0. The van der Waals surface area contributed by atoms with Gasteiger partial charge in [-0.15, -0.1) is 0 Å². The van der Waals surface area contributed by atoms with Crippen LogP contribution in [0, 0.1) is 11.3 Å². The van der Waals surface area contributed by atoms with Crippen LogP contribution in [0.25, 0.3) is 0 Å². The van der Waals surface area contributed by atoms with Crippen LogP contribution in [0.3, 0.4) is 0 Å². The van der Waals surface area contributed by atoms with E-state index in [1.165, 1.54) is 37.4 Å². The number of thioether (sulfide) groups is 1. The van der Waals surface area contributed by atoms with Crippen LogP contribution >= 0.6 is 11.8 Å². The fourth-order valence-corrected chi connectivity index (χ4v) is 3.07. The monoisotopic (exact) mass is 201 g/mol. The zero-order valence-electron chi connectivity index (χ0n) is 9.23. The molecule has 1 aliphatic rings. The molecule has 78 valence electrons. The third-order valence-electron chi connectivity index (χ3n) is 2.82. The van der Waals surface area contributed by atoms with Crippen LogP contribution in [0.4, 0.5) is 0 Å². The van der Waals surface area contributed by atoms with Gasteiger partial charge in [-0.05, 0) is 35.7 Å². The smallest absolute Gasteiger partial charge is 0.00206 e. The molecule has 13 heavy (non-hydrogen) atoms. The van der Waals surface area contributed by atoms with Gasteiger partial charge in [0.25, 0.3) is 0 Å². The number of nitrogens with one attached hydrogen (secondary N) is 1.